The first-order valence-electron chi connectivity index (χ1n) is 7.37. The molecule has 120 valence electrons. The second-order valence-corrected chi connectivity index (χ2v) is 7.65. The van der Waals surface area contributed by atoms with Gasteiger partial charge in [-0.1, -0.05) is 20.8 Å². The lowest BCUT2D eigenvalue weighted by Crippen LogP contribution is -2.40. The Bertz CT molecular complexity index is 601. The van der Waals surface area contributed by atoms with Crippen molar-refractivity contribution in [2.75, 3.05) is 18.9 Å². The minimum atomic E-state index is -0.496. The highest BCUT2D eigenvalue weighted by Crippen LogP contribution is 2.31. The van der Waals surface area contributed by atoms with E-state index in [4.69, 9.17) is 0 Å². The Kier molecular flexibility index (Phi) is 4.70. The van der Waals surface area contributed by atoms with Crippen LogP contribution in [0.2, 0.25) is 0 Å². The minimum Gasteiger partial charge on any atom is -0.346 e. The van der Waals surface area contributed by atoms with Crippen molar-refractivity contribution in [2.45, 2.75) is 33.6 Å². The van der Waals surface area contributed by atoms with E-state index in [1.165, 1.54) is 11.3 Å². The molecule has 1 N–H and O–H groups in total. The fourth-order valence-corrected chi connectivity index (χ4v) is 3.16. The summed E-state index contributed by atoms with van der Waals surface area (Å²) in [4.78, 5) is 38.1. The number of hydrogen-bond donors (Lipinski definition) is 1. The van der Waals surface area contributed by atoms with Gasteiger partial charge in [-0.3, -0.25) is 14.4 Å². The Morgan fingerprint density at radius 1 is 1.36 bits per heavy atom. The molecule has 1 aromatic heterocycles. The molecule has 1 aliphatic rings. The molecule has 1 aromatic rings. The topological polar surface area (TPSA) is 66.5 Å². The van der Waals surface area contributed by atoms with Gasteiger partial charge in [-0.15, -0.1) is 11.3 Å². The summed E-state index contributed by atoms with van der Waals surface area (Å²) in [6, 6.07) is 1.74. The molecule has 5 nitrogen and oxygen atoms in total. The van der Waals surface area contributed by atoms with Gasteiger partial charge in [-0.05, 0) is 17.9 Å². The summed E-state index contributed by atoms with van der Waals surface area (Å²) in [5.74, 6) is -0.498. The molecule has 0 spiro atoms. The van der Waals surface area contributed by atoms with Crippen LogP contribution in [0.3, 0.4) is 0 Å². The van der Waals surface area contributed by atoms with Crippen LogP contribution in [0, 0.1) is 11.3 Å². The lowest BCUT2D eigenvalue weighted by atomic mass is 9.87. The molecule has 2 amide bonds. The van der Waals surface area contributed by atoms with Gasteiger partial charge in [-0.2, -0.15) is 0 Å². The van der Waals surface area contributed by atoms with Gasteiger partial charge in [0, 0.05) is 31.3 Å². The van der Waals surface area contributed by atoms with Crippen LogP contribution in [0.15, 0.2) is 11.4 Å². The molecular formula is C16H22N2O3S. The molecule has 0 radical (unpaired) electrons. The molecule has 2 rings (SSSR count). The number of nitrogens with zero attached hydrogens (tertiary/aromatic N) is 1. The fourth-order valence-electron chi connectivity index (χ4n) is 2.37. The average molecular weight is 322 g/mol. The molecule has 1 unspecified atom stereocenters. The quantitative estimate of drug-likeness (QED) is 0.870. The summed E-state index contributed by atoms with van der Waals surface area (Å²) in [5.41, 5.74) is 0.0504. The van der Waals surface area contributed by atoms with Crippen molar-refractivity contribution in [1.29, 1.82) is 0 Å². The molecule has 0 aromatic carbocycles. The first-order chi connectivity index (χ1) is 10.2. The van der Waals surface area contributed by atoms with Crippen LogP contribution >= 0.6 is 11.3 Å². The number of carbonyl (C=O) groups is 3. The number of ketones is 1. The van der Waals surface area contributed by atoms with Crippen molar-refractivity contribution in [3.63, 3.8) is 0 Å². The number of rotatable bonds is 3. The Balaban J connectivity index is 2.09. The zero-order valence-corrected chi connectivity index (χ0v) is 14.3. The van der Waals surface area contributed by atoms with E-state index in [-0.39, 0.29) is 29.9 Å². The number of anilines is 1. The fraction of sp³-hybridized carbons (Fsp3) is 0.562. The largest absolute Gasteiger partial charge is 0.346 e. The van der Waals surface area contributed by atoms with Crippen LogP contribution in [-0.4, -0.2) is 36.1 Å². The van der Waals surface area contributed by atoms with Crippen molar-refractivity contribution < 1.29 is 14.4 Å². The molecule has 1 saturated heterocycles. The second-order valence-electron chi connectivity index (χ2n) is 6.74. The van der Waals surface area contributed by atoms with Crippen LogP contribution < -0.4 is 5.32 Å². The average Bonchev–Trinajstić information content (AvgIpc) is 2.87. The van der Waals surface area contributed by atoms with Gasteiger partial charge < -0.3 is 10.2 Å². The van der Waals surface area contributed by atoms with E-state index in [1.807, 2.05) is 20.8 Å². The van der Waals surface area contributed by atoms with Crippen molar-refractivity contribution in [3.05, 3.63) is 17.0 Å². The molecular weight excluding hydrogens is 300 g/mol. The normalized spacial score (nSPS) is 19.2. The molecule has 1 fully saturated rings. The van der Waals surface area contributed by atoms with E-state index in [1.54, 1.807) is 23.4 Å². The van der Waals surface area contributed by atoms with Crippen LogP contribution in [0.1, 0.15) is 44.0 Å². The molecule has 0 saturated carbocycles. The Hall–Kier alpha value is -1.69. The zero-order chi connectivity index (χ0) is 16.5. The lowest BCUT2D eigenvalue weighted by molar-refractivity contribution is -0.137. The molecule has 0 aliphatic carbocycles. The van der Waals surface area contributed by atoms with E-state index < -0.39 is 5.41 Å². The first kappa shape index (κ1) is 16.7. The smallest absolute Gasteiger partial charge is 0.228 e. The van der Waals surface area contributed by atoms with Crippen LogP contribution in [0.5, 0.6) is 0 Å². The lowest BCUT2D eigenvalue weighted by Gasteiger charge is -2.28. The number of piperidine rings is 1. The highest BCUT2D eigenvalue weighted by molar-refractivity contribution is 7.14. The number of likely N-dealkylation sites (tertiary alicyclic amines) is 1. The Morgan fingerprint density at radius 3 is 2.64 bits per heavy atom. The highest BCUT2D eigenvalue weighted by atomic mass is 32.1. The SMILES string of the molecule is CN1CCC(C(=O)Nc2sccc2C(=O)C(C)(C)C)CC1=O. The maximum atomic E-state index is 12.4. The summed E-state index contributed by atoms with van der Waals surface area (Å²) in [7, 11) is 1.75. The van der Waals surface area contributed by atoms with E-state index in [2.05, 4.69) is 5.32 Å². The number of Topliss-reactive ketones (excluding diaryl/α,β-unsaturated/α-hetero) is 1. The number of hydrogen-bond acceptors (Lipinski definition) is 4. The third kappa shape index (κ3) is 3.55. The molecule has 1 aliphatic heterocycles. The second kappa shape index (κ2) is 6.20. The summed E-state index contributed by atoms with van der Waals surface area (Å²) < 4.78 is 0. The minimum absolute atomic E-state index is 0.00324. The van der Waals surface area contributed by atoms with E-state index in [0.717, 1.165) is 0 Å². The Labute approximate surface area is 134 Å². The predicted octanol–water partition coefficient (Wildman–Crippen LogP) is 2.78. The van der Waals surface area contributed by atoms with E-state index in [0.29, 0.717) is 23.5 Å². The van der Waals surface area contributed by atoms with Crippen molar-refractivity contribution in [3.8, 4) is 0 Å². The van der Waals surface area contributed by atoms with Crippen LogP contribution in [-0.2, 0) is 9.59 Å². The summed E-state index contributed by atoms with van der Waals surface area (Å²) in [5, 5.41) is 5.22. The zero-order valence-electron chi connectivity index (χ0n) is 13.4. The summed E-state index contributed by atoms with van der Waals surface area (Å²) in [6.45, 7) is 6.16. The molecule has 0 bridgehead atoms. The maximum absolute atomic E-state index is 12.4. The van der Waals surface area contributed by atoms with E-state index in [9.17, 15) is 14.4 Å². The van der Waals surface area contributed by atoms with Crippen molar-refractivity contribution >= 4 is 33.9 Å². The van der Waals surface area contributed by atoms with Gasteiger partial charge in [0.25, 0.3) is 0 Å². The molecule has 2 heterocycles. The third-order valence-electron chi connectivity index (χ3n) is 3.86. The monoisotopic (exact) mass is 322 g/mol. The number of amides is 2. The van der Waals surface area contributed by atoms with Crippen LogP contribution in [0.4, 0.5) is 5.00 Å². The van der Waals surface area contributed by atoms with E-state index >= 15 is 0 Å². The molecule has 1 atom stereocenters. The van der Waals surface area contributed by atoms with Gasteiger partial charge in [-0.25, -0.2) is 0 Å². The number of nitrogens with one attached hydrogen (secondary N) is 1. The predicted molar refractivity (Wildman–Crippen MR) is 87.1 cm³/mol. The van der Waals surface area contributed by atoms with Gasteiger partial charge in [0.05, 0.1) is 5.56 Å². The maximum Gasteiger partial charge on any atom is 0.228 e. The molecule has 6 heteroatoms. The standard InChI is InChI=1S/C16H22N2O3S/c1-16(2,3)13(20)11-6-8-22-15(11)17-14(21)10-5-7-18(4)12(19)9-10/h6,8,10H,5,7,9H2,1-4H3,(H,17,21). The highest BCUT2D eigenvalue weighted by Gasteiger charge is 2.31. The Morgan fingerprint density at radius 2 is 2.05 bits per heavy atom. The van der Waals surface area contributed by atoms with Gasteiger partial charge >= 0.3 is 0 Å². The number of carbonyl (C=O) groups excluding carboxylic acids is 3. The first-order valence-corrected chi connectivity index (χ1v) is 8.25. The third-order valence-corrected chi connectivity index (χ3v) is 4.69. The summed E-state index contributed by atoms with van der Waals surface area (Å²) in [6.07, 6.45) is 0.887. The van der Waals surface area contributed by atoms with Crippen molar-refractivity contribution in [1.82, 2.24) is 4.90 Å². The van der Waals surface area contributed by atoms with Crippen LogP contribution in [0.25, 0.3) is 0 Å². The summed E-state index contributed by atoms with van der Waals surface area (Å²) >= 11 is 1.34. The van der Waals surface area contributed by atoms with Gasteiger partial charge in [0.15, 0.2) is 5.78 Å². The van der Waals surface area contributed by atoms with Gasteiger partial charge in [0.2, 0.25) is 11.8 Å². The number of thiophene rings is 1. The van der Waals surface area contributed by atoms with Crippen molar-refractivity contribution in [2.24, 2.45) is 11.3 Å². The van der Waals surface area contributed by atoms with Gasteiger partial charge in [0.1, 0.15) is 5.00 Å². The molecule has 22 heavy (non-hydrogen) atoms.